The van der Waals surface area contributed by atoms with Crippen molar-refractivity contribution in [2.45, 2.75) is 58.2 Å². The Morgan fingerprint density at radius 3 is 2.50 bits per heavy atom. The summed E-state index contributed by atoms with van der Waals surface area (Å²) in [5.41, 5.74) is 4.89. The van der Waals surface area contributed by atoms with Crippen molar-refractivity contribution in [1.82, 2.24) is 24.8 Å². The minimum Gasteiger partial charge on any atom is -0.494 e. The second-order valence-electron chi connectivity index (χ2n) is 12.1. The van der Waals surface area contributed by atoms with Gasteiger partial charge in [-0.25, -0.2) is 13.4 Å². The van der Waals surface area contributed by atoms with Crippen molar-refractivity contribution in [2.24, 2.45) is 0 Å². The van der Waals surface area contributed by atoms with Crippen molar-refractivity contribution in [2.75, 3.05) is 53.3 Å². The molecule has 12 nitrogen and oxygen atoms in total. The lowest BCUT2D eigenvalue weighted by atomic mass is 9.88. The highest BCUT2D eigenvalue weighted by Gasteiger charge is 2.40. The van der Waals surface area contributed by atoms with Crippen LogP contribution in [0.2, 0.25) is 5.02 Å². The lowest BCUT2D eigenvalue weighted by molar-refractivity contribution is 0.0672. The van der Waals surface area contributed by atoms with E-state index in [1.165, 1.54) is 43.5 Å². The monoisotopic (exact) mass is 665 g/mol. The number of aromatic nitrogens is 4. The summed E-state index contributed by atoms with van der Waals surface area (Å²) >= 11 is 6.55. The van der Waals surface area contributed by atoms with E-state index in [1.54, 1.807) is 25.4 Å². The van der Waals surface area contributed by atoms with Crippen LogP contribution in [0.4, 0.5) is 34.5 Å². The van der Waals surface area contributed by atoms with E-state index in [0.717, 1.165) is 35.8 Å². The zero-order valence-electron chi connectivity index (χ0n) is 27.0. The van der Waals surface area contributed by atoms with Crippen LogP contribution < -0.4 is 24.6 Å². The smallest absolute Gasteiger partial charge is 0.232 e. The van der Waals surface area contributed by atoms with Crippen LogP contribution in [0, 0.1) is 0 Å². The molecule has 46 heavy (non-hydrogen) atoms. The lowest BCUT2D eigenvalue weighted by Gasteiger charge is -2.54. The van der Waals surface area contributed by atoms with Crippen molar-refractivity contribution < 1.29 is 13.2 Å². The van der Waals surface area contributed by atoms with Gasteiger partial charge in [-0.1, -0.05) is 18.5 Å². The molecule has 2 bridgehead atoms. The van der Waals surface area contributed by atoms with E-state index in [2.05, 4.69) is 73.3 Å². The summed E-state index contributed by atoms with van der Waals surface area (Å²) in [6, 6.07) is 9.29. The highest BCUT2D eigenvalue weighted by atomic mass is 35.5. The van der Waals surface area contributed by atoms with E-state index in [4.69, 9.17) is 16.3 Å². The van der Waals surface area contributed by atoms with Gasteiger partial charge < -0.3 is 20.3 Å². The minimum atomic E-state index is -3.63. The molecule has 2 aromatic heterocycles. The third kappa shape index (κ3) is 6.10. The van der Waals surface area contributed by atoms with E-state index < -0.39 is 10.0 Å². The summed E-state index contributed by atoms with van der Waals surface area (Å²) in [5, 5.41) is 6.79. The predicted octanol–water partition coefficient (Wildman–Crippen LogP) is 5.59. The van der Waals surface area contributed by atoms with Crippen molar-refractivity contribution in [3.8, 4) is 5.75 Å². The number of piperazine rings is 1. The number of hydrogen-bond donors (Lipinski definition) is 2. The number of rotatable bonds is 10. The van der Waals surface area contributed by atoms with Crippen LogP contribution in [0.25, 0.3) is 11.0 Å². The summed E-state index contributed by atoms with van der Waals surface area (Å²) in [7, 11) is -0.498. The first-order valence-electron chi connectivity index (χ1n) is 15.5. The standard InChI is InChI=1S/C32H40ClN9O3S/c1-7-20-14-26(28(45-5)15-27(20)42-18-21-8-9-22(42)17-41(21)19(2)3)38-32-36-16-23(33)31(39-32)37-25-11-10-24-29(35-13-12-34-24)30(25)40(4)46(6,43)44/h10-16,19,21-22H,7-9,17-18H2,1-6H3,(H2,36,37,38,39). The van der Waals surface area contributed by atoms with Crippen molar-refractivity contribution in [3.05, 3.63) is 53.4 Å². The Morgan fingerprint density at radius 1 is 1.07 bits per heavy atom. The number of fused-ring (bicyclic) bond motifs is 4. The molecule has 0 spiro atoms. The Labute approximate surface area is 275 Å². The van der Waals surface area contributed by atoms with E-state index >= 15 is 0 Å². The molecule has 14 heteroatoms. The van der Waals surface area contributed by atoms with Gasteiger partial charge in [-0.2, -0.15) is 4.98 Å². The number of aryl methyl sites for hydroxylation is 1. The van der Waals surface area contributed by atoms with E-state index in [9.17, 15) is 8.42 Å². The maximum atomic E-state index is 12.6. The number of piperidine rings is 2. The Morgan fingerprint density at radius 2 is 1.83 bits per heavy atom. The molecular weight excluding hydrogens is 626 g/mol. The molecule has 0 amide bonds. The van der Waals surface area contributed by atoms with Gasteiger partial charge in [0.1, 0.15) is 22.0 Å². The molecule has 3 fully saturated rings. The number of nitrogens with one attached hydrogen (secondary N) is 2. The Bertz CT molecular complexity index is 1870. The van der Waals surface area contributed by atoms with Crippen LogP contribution in [0.15, 0.2) is 42.9 Å². The van der Waals surface area contributed by atoms with Gasteiger partial charge in [-0.15, -0.1) is 0 Å². The molecule has 244 valence electrons. The third-order valence-corrected chi connectivity index (χ3v) is 10.5. The molecule has 0 saturated carbocycles. The number of hydrogen-bond acceptors (Lipinski definition) is 11. The van der Waals surface area contributed by atoms with Gasteiger partial charge >= 0.3 is 0 Å². The van der Waals surface area contributed by atoms with Crippen molar-refractivity contribution >= 4 is 67.2 Å². The predicted molar refractivity (Wildman–Crippen MR) is 185 cm³/mol. The van der Waals surface area contributed by atoms with Crippen LogP contribution in [0.1, 0.15) is 39.2 Å². The highest BCUT2D eigenvalue weighted by molar-refractivity contribution is 7.92. The fraction of sp³-hybridized carbons (Fsp3) is 0.438. The highest BCUT2D eigenvalue weighted by Crippen LogP contribution is 2.41. The summed E-state index contributed by atoms with van der Waals surface area (Å²) in [5.74, 6) is 1.27. The van der Waals surface area contributed by atoms with E-state index in [0.29, 0.717) is 52.2 Å². The number of methoxy groups -OCH3 is 1. The normalized spacial score (nSPS) is 18.3. The molecular formula is C32H40ClN9O3S. The molecule has 2 N–H and O–H groups in total. The van der Waals surface area contributed by atoms with Gasteiger partial charge in [-0.3, -0.25) is 19.2 Å². The number of sulfonamides is 1. The molecule has 3 aliphatic heterocycles. The van der Waals surface area contributed by atoms with Gasteiger partial charge in [0.2, 0.25) is 16.0 Å². The summed E-state index contributed by atoms with van der Waals surface area (Å²) in [4.78, 5) is 23.0. The zero-order chi connectivity index (χ0) is 32.7. The fourth-order valence-electron chi connectivity index (χ4n) is 6.59. The number of anilines is 6. The maximum Gasteiger partial charge on any atom is 0.232 e. The van der Waals surface area contributed by atoms with Crippen LogP contribution >= 0.6 is 11.6 Å². The first-order chi connectivity index (χ1) is 22.0. The minimum absolute atomic E-state index is 0.255. The van der Waals surface area contributed by atoms with Crippen LogP contribution in [0.5, 0.6) is 5.75 Å². The first kappa shape index (κ1) is 32.0. The average Bonchev–Trinajstić information content (AvgIpc) is 3.05. The maximum absolute atomic E-state index is 12.6. The number of ether oxygens (including phenoxy) is 1. The van der Waals surface area contributed by atoms with Crippen LogP contribution in [-0.2, 0) is 16.4 Å². The van der Waals surface area contributed by atoms with Crippen molar-refractivity contribution in [1.29, 1.82) is 0 Å². The molecule has 0 radical (unpaired) electrons. The molecule has 2 aromatic carbocycles. The van der Waals surface area contributed by atoms with Gasteiger partial charge in [0.05, 0.1) is 36.5 Å². The molecule has 5 heterocycles. The van der Waals surface area contributed by atoms with Crippen LogP contribution in [0.3, 0.4) is 0 Å². The lowest BCUT2D eigenvalue weighted by Crippen LogP contribution is -2.64. The third-order valence-electron chi connectivity index (χ3n) is 9.00. The van der Waals surface area contributed by atoms with Gasteiger partial charge in [0.15, 0.2) is 5.82 Å². The Kier molecular flexibility index (Phi) is 8.83. The molecule has 3 saturated heterocycles. The topological polar surface area (TPSA) is 129 Å². The quantitative estimate of drug-likeness (QED) is 0.220. The Balaban J connectivity index is 1.31. The second kappa shape index (κ2) is 12.7. The van der Waals surface area contributed by atoms with Gasteiger partial charge in [-0.05, 0) is 56.9 Å². The zero-order valence-corrected chi connectivity index (χ0v) is 28.5. The van der Waals surface area contributed by atoms with Crippen molar-refractivity contribution in [3.63, 3.8) is 0 Å². The molecule has 7 rings (SSSR count). The fourth-order valence-corrected chi connectivity index (χ4v) is 7.24. The number of halogens is 1. The second-order valence-corrected chi connectivity index (χ2v) is 14.5. The number of nitrogens with zero attached hydrogens (tertiary/aromatic N) is 7. The summed E-state index contributed by atoms with van der Waals surface area (Å²) < 4.78 is 32.2. The molecule has 4 aromatic rings. The molecule has 2 atom stereocenters. The Hall–Kier alpha value is -3.94. The SMILES string of the molecule is CCc1cc(Nc2ncc(Cl)c(Nc3ccc4nccnc4c3N(C)S(C)(=O)=O)n2)c(OC)cc1N1CC2CCC1CN2C(C)C. The summed E-state index contributed by atoms with van der Waals surface area (Å²) in [6.45, 7) is 8.83. The number of benzene rings is 2. The molecule has 3 aliphatic rings. The average molecular weight is 666 g/mol. The largest absolute Gasteiger partial charge is 0.494 e. The summed E-state index contributed by atoms with van der Waals surface area (Å²) in [6.07, 6.45) is 8.98. The van der Waals surface area contributed by atoms with E-state index in [1.807, 2.05) is 0 Å². The van der Waals surface area contributed by atoms with Crippen LogP contribution in [-0.4, -0.2) is 84.9 Å². The first-order valence-corrected chi connectivity index (χ1v) is 17.7. The van der Waals surface area contributed by atoms with Gasteiger partial charge in [0.25, 0.3) is 0 Å². The van der Waals surface area contributed by atoms with E-state index in [-0.39, 0.29) is 10.8 Å². The molecule has 0 aliphatic carbocycles. The molecule has 2 unspecified atom stereocenters. The van der Waals surface area contributed by atoms with Gasteiger partial charge in [0, 0.05) is 62.4 Å².